The van der Waals surface area contributed by atoms with Gasteiger partial charge in [0, 0.05) is 28.8 Å². The average molecular weight is 351 g/mol. The minimum absolute atomic E-state index is 0.169. The van der Waals surface area contributed by atoms with Gasteiger partial charge in [0.1, 0.15) is 5.82 Å². The first kappa shape index (κ1) is 11.3. The Morgan fingerprint density at radius 3 is 2.73 bits per heavy atom. The van der Waals surface area contributed by atoms with E-state index in [0.717, 1.165) is 19.0 Å². The second kappa shape index (κ2) is 4.37. The molecule has 2 rings (SSSR count). The quantitative estimate of drug-likeness (QED) is 0.904. The molecular formula is C9H9Br2N3S. The van der Waals surface area contributed by atoms with Crippen molar-refractivity contribution in [1.29, 1.82) is 0 Å². The van der Waals surface area contributed by atoms with Crippen LogP contribution in [0.25, 0.3) is 0 Å². The number of rotatable bonds is 2. The van der Waals surface area contributed by atoms with Crippen LogP contribution in [-0.2, 0) is 7.05 Å². The zero-order valence-electron chi connectivity index (χ0n) is 7.95. The number of nitrogens with two attached hydrogens (primary N) is 1. The van der Waals surface area contributed by atoms with E-state index in [9.17, 15) is 0 Å². The minimum Gasteiger partial charge on any atom is -0.336 e. The first-order chi connectivity index (χ1) is 7.09. The van der Waals surface area contributed by atoms with Gasteiger partial charge in [-0.15, -0.1) is 11.3 Å². The molecule has 3 nitrogen and oxygen atoms in total. The fraction of sp³-hybridized carbons (Fsp3) is 0.222. The van der Waals surface area contributed by atoms with Crippen LogP contribution in [0.4, 0.5) is 0 Å². The van der Waals surface area contributed by atoms with Gasteiger partial charge in [-0.1, -0.05) is 0 Å². The number of halogens is 2. The lowest BCUT2D eigenvalue weighted by Crippen LogP contribution is -2.15. The monoisotopic (exact) mass is 349 g/mol. The topological polar surface area (TPSA) is 43.8 Å². The summed E-state index contributed by atoms with van der Waals surface area (Å²) < 4.78 is 4.03. The molecule has 1 unspecified atom stereocenters. The van der Waals surface area contributed by atoms with Crippen LogP contribution >= 0.6 is 43.2 Å². The van der Waals surface area contributed by atoms with E-state index in [4.69, 9.17) is 5.73 Å². The van der Waals surface area contributed by atoms with Crippen LogP contribution in [0.15, 0.2) is 26.7 Å². The summed E-state index contributed by atoms with van der Waals surface area (Å²) in [6.45, 7) is 0. The van der Waals surface area contributed by atoms with Crippen molar-refractivity contribution >= 4 is 43.2 Å². The van der Waals surface area contributed by atoms with Crippen LogP contribution in [0.5, 0.6) is 0 Å². The predicted octanol–water partition coefficient (Wildman–Crippen LogP) is 3.05. The first-order valence-corrected chi connectivity index (χ1v) is 6.67. The molecule has 0 bridgehead atoms. The number of aryl methyl sites for hydroxylation is 1. The van der Waals surface area contributed by atoms with Gasteiger partial charge in [-0.2, -0.15) is 0 Å². The molecule has 0 saturated carbocycles. The molecule has 1 atom stereocenters. The van der Waals surface area contributed by atoms with Crippen molar-refractivity contribution in [3.8, 4) is 0 Å². The van der Waals surface area contributed by atoms with Crippen molar-refractivity contribution < 1.29 is 0 Å². The number of imidazole rings is 1. The van der Waals surface area contributed by atoms with Crippen LogP contribution in [0.1, 0.15) is 16.7 Å². The summed E-state index contributed by atoms with van der Waals surface area (Å²) in [6.07, 6.45) is 3.65. The van der Waals surface area contributed by atoms with E-state index in [-0.39, 0.29) is 6.04 Å². The average Bonchev–Trinajstić information content (AvgIpc) is 2.74. The molecule has 0 amide bonds. The minimum atomic E-state index is -0.169. The normalized spacial score (nSPS) is 13.1. The molecule has 0 aliphatic heterocycles. The van der Waals surface area contributed by atoms with Gasteiger partial charge >= 0.3 is 0 Å². The maximum Gasteiger partial charge on any atom is 0.130 e. The summed E-state index contributed by atoms with van der Waals surface area (Å²) in [4.78, 5) is 5.33. The van der Waals surface area contributed by atoms with Gasteiger partial charge in [-0.25, -0.2) is 4.98 Å². The van der Waals surface area contributed by atoms with Crippen LogP contribution < -0.4 is 5.73 Å². The fourth-order valence-corrected chi connectivity index (χ4v) is 3.41. The zero-order valence-corrected chi connectivity index (χ0v) is 11.9. The number of hydrogen-bond acceptors (Lipinski definition) is 3. The van der Waals surface area contributed by atoms with E-state index in [1.165, 1.54) is 0 Å². The Kier molecular flexibility index (Phi) is 3.30. The molecule has 2 heterocycles. The SMILES string of the molecule is Cn1ccnc1C(N)c1cc(Br)c(Br)s1. The fourth-order valence-electron chi connectivity index (χ4n) is 1.32. The maximum absolute atomic E-state index is 6.13. The molecule has 0 aliphatic carbocycles. The van der Waals surface area contributed by atoms with Gasteiger partial charge in [0.15, 0.2) is 0 Å². The van der Waals surface area contributed by atoms with Gasteiger partial charge in [0.05, 0.1) is 9.83 Å². The Morgan fingerprint density at radius 1 is 1.53 bits per heavy atom. The van der Waals surface area contributed by atoms with E-state index >= 15 is 0 Å². The molecule has 2 aromatic heterocycles. The van der Waals surface area contributed by atoms with Crippen molar-refractivity contribution in [2.24, 2.45) is 12.8 Å². The molecular weight excluding hydrogens is 342 g/mol. The lowest BCUT2D eigenvalue weighted by atomic mass is 10.2. The Hall–Kier alpha value is -0.170. The first-order valence-electron chi connectivity index (χ1n) is 4.27. The number of aromatic nitrogens is 2. The molecule has 2 aromatic rings. The number of thiophene rings is 1. The van der Waals surface area contributed by atoms with Gasteiger partial charge in [0.2, 0.25) is 0 Å². The van der Waals surface area contributed by atoms with Gasteiger partial charge in [0.25, 0.3) is 0 Å². The highest BCUT2D eigenvalue weighted by atomic mass is 79.9. The summed E-state index contributed by atoms with van der Waals surface area (Å²) in [7, 11) is 1.94. The van der Waals surface area contributed by atoms with Crippen molar-refractivity contribution in [3.05, 3.63) is 37.4 Å². The van der Waals surface area contributed by atoms with E-state index < -0.39 is 0 Å². The molecule has 0 saturated heterocycles. The van der Waals surface area contributed by atoms with E-state index in [1.54, 1.807) is 17.5 Å². The predicted molar refractivity (Wildman–Crippen MR) is 69.0 cm³/mol. The largest absolute Gasteiger partial charge is 0.336 e. The summed E-state index contributed by atoms with van der Waals surface area (Å²) in [5, 5.41) is 0. The number of nitrogens with zero attached hydrogens (tertiary/aromatic N) is 2. The third-order valence-electron chi connectivity index (χ3n) is 2.11. The van der Waals surface area contributed by atoms with Gasteiger partial charge in [-0.05, 0) is 37.9 Å². The van der Waals surface area contributed by atoms with E-state index in [2.05, 4.69) is 36.8 Å². The zero-order chi connectivity index (χ0) is 11.0. The Labute approximate surface area is 109 Å². The Balaban J connectivity index is 2.36. The second-order valence-corrected chi connectivity index (χ2v) is 6.40. The lowest BCUT2D eigenvalue weighted by Gasteiger charge is -2.08. The maximum atomic E-state index is 6.13. The molecule has 80 valence electrons. The van der Waals surface area contributed by atoms with E-state index in [0.29, 0.717) is 0 Å². The highest BCUT2D eigenvalue weighted by Gasteiger charge is 2.16. The Morgan fingerprint density at radius 2 is 2.27 bits per heavy atom. The van der Waals surface area contributed by atoms with Crippen molar-refractivity contribution in [3.63, 3.8) is 0 Å². The standard InChI is InChI=1S/C9H9Br2N3S/c1-14-3-2-13-9(14)7(12)6-4-5(10)8(11)15-6/h2-4,7H,12H2,1H3. The molecule has 2 N–H and O–H groups in total. The van der Waals surface area contributed by atoms with Gasteiger partial charge < -0.3 is 10.3 Å². The van der Waals surface area contributed by atoms with Crippen LogP contribution in [0, 0.1) is 0 Å². The summed E-state index contributed by atoms with van der Waals surface area (Å²) in [5.41, 5.74) is 6.13. The molecule has 0 fully saturated rings. The summed E-state index contributed by atoms with van der Waals surface area (Å²) in [5.74, 6) is 0.872. The van der Waals surface area contributed by atoms with Gasteiger partial charge in [-0.3, -0.25) is 0 Å². The van der Waals surface area contributed by atoms with Crippen molar-refractivity contribution in [2.75, 3.05) is 0 Å². The molecule has 0 radical (unpaired) electrons. The molecule has 0 aliphatic rings. The van der Waals surface area contributed by atoms with Crippen molar-refractivity contribution in [2.45, 2.75) is 6.04 Å². The highest BCUT2D eigenvalue weighted by molar-refractivity contribution is 9.13. The summed E-state index contributed by atoms with van der Waals surface area (Å²) in [6, 6.07) is 1.85. The second-order valence-electron chi connectivity index (χ2n) is 3.14. The number of hydrogen-bond donors (Lipinski definition) is 1. The van der Waals surface area contributed by atoms with Crippen LogP contribution in [0.2, 0.25) is 0 Å². The van der Waals surface area contributed by atoms with E-state index in [1.807, 2.05) is 23.9 Å². The third kappa shape index (κ3) is 2.18. The van der Waals surface area contributed by atoms with Crippen LogP contribution in [0.3, 0.4) is 0 Å². The lowest BCUT2D eigenvalue weighted by molar-refractivity contribution is 0.726. The molecule has 6 heteroatoms. The summed E-state index contributed by atoms with van der Waals surface area (Å²) >= 11 is 8.52. The van der Waals surface area contributed by atoms with Crippen LogP contribution in [-0.4, -0.2) is 9.55 Å². The smallest absolute Gasteiger partial charge is 0.130 e. The molecule has 0 aromatic carbocycles. The van der Waals surface area contributed by atoms with Crippen molar-refractivity contribution in [1.82, 2.24) is 9.55 Å². The highest BCUT2D eigenvalue weighted by Crippen LogP contribution is 2.36. The molecule has 15 heavy (non-hydrogen) atoms. The Bertz CT molecular complexity index is 458. The third-order valence-corrected chi connectivity index (χ3v) is 5.45. The molecule has 0 spiro atoms.